The van der Waals surface area contributed by atoms with E-state index in [4.69, 9.17) is 9.15 Å². The van der Waals surface area contributed by atoms with Crippen molar-refractivity contribution in [3.05, 3.63) is 71.7 Å². The van der Waals surface area contributed by atoms with Crippen molar-refractivity contribution in [1.29, 1.82) is 0 Å². The van der Waals surface area contributed by atoms with Crippen LogP contribution in [0.5, 0.6) is 5.75 Å². The average Bonchev–Trinajstić information content (AvgIpc) is 3.03. The molecule has 1 aromatic heterocycles. The maximum absolute atomic E-state index is 12.7. The molecule has 0 saturated heterocycles. The third-order valence-electron chi connectivity index (χ3n) is 4.52. The lowest BCUT2D eigenvalue weighted by atomic mass is 9.98. The normalized spacial score (nSPS) is 13.2. The quantitative estimate of drug-likeness (QED) is 0.739. The van der Waals surface area contributed by atoms with Gasteiger partial charge < -0.3 is 14.3 Å². The second kappa shape index (κ2) is 6.59. The molecular formula is C20H16O6S. The number of carboxylic acids is 1. The number of aromatic carboxylic acids is 1. The van der Waals surface area contributed by atoms with Crippen molar-refractivity contribution in [1.82, 2.24) is 0 Å². The smallest absolute Gasteiger partial charge is 0.339 e. The van der Waals surface area contributed by atoms with Crippen molar-refractivity contribution in [2.45, 2.75) is 17.1 Å². The molecule has 0 spiro atoms. The molecule has 0 fully saturated rings. The molecule has 2 aromatic carbocycles. The molecule has 0 radical (unpaired) electrons. The van der Waals surface area contributed by atoms with E-state index < -0.39 is 21.6 Å². The van der Waals surface area contributed by atoms with Crippen LogP contribution in [0, 0.1) is 0 Å². The number of ether oxygens (including phenoxy) is 1. The van der Waals surface area contributed by atoms with Gasteiger partial charge >= 0.3 is 5.97 Å². The van der Waals surface area contributed by atoms with Gasteiger partial charge in [-0.05, 0) is 23.8 Å². The Hall–Kier alpha value is -3.06. The first-order valence-corrected chi connectivity index (χ1v) is 9.99. The fourth-order valence-corrected chi connectivity index (χ4v) is 4.66. The van der Waals surface area contributed by atoms with E-state index in [1.165, 1.54) is 18.2 Å². The Kier molecular flexibility index (Phi) is 4.24. The van der Waals surface area contributed by atoms with Gasteiger partial charge in [0.15, 0.2) is 9.84 Å². The van der Waals surface area contributed by atoms with E-state index in [0.717, 1.165) is 11.3 Å². The second-order valence-electron chi connectivity index (χ2n) is 6.21. The maximum atomic E-state index is 12.7. The Labute approximate surface area is 155 Å². The molecule has 4 rings (SSSR count). The van der Waals surface area contributed by atoms with Crippen molar-refractivity contribution in [3.8, 4) is 16.9 Å². The van der Waals surface area contributed by atoms with Crippen LogP contribution in [0.2, 0.25) is 0 Å². The van der Waals surface area contributed by atoms with E-state index in [-0.39, 0.29) is 28.4 Å². The molecule has 1 aliphatic heterocycles. The number of furan rings is 1. The van der Waals surface area contributed by atoms with Gasteiger partial charge in [0.25, 0.3) is 0 Å². The van der Waals surface area contributed by atoms with Crippen molar-refractivity contribution >= 4 is 15.8 Å². The zero-order valence-corrected chi connectivity index (χ0v) is 15.0. The highest BCUT2D eigenvalue weighted by Crippen LogP contribution is 2.40. The number of hydrogen-bond acceptors (Lipinski definition) is 5. The minimum Gasteiger partial charge on any atom is -0.492 e. The largest absolute Gasteiger partial charge is 0.492 e. The summed E-state index contributed by atoms with van der Waals surface area (Å²) >= 11 is 0. The van der Waals surface area contributed by atoms with Crippen LogP contribution in [0.25, 0.3) is 11.1 Å². The van der Waals surface area contributed by atoms with Gasteiger partial charge in [0.05, 0.1) is 23.5 Å². The minimum atomic E-state index is -3.69. The van der Waals surface area contributed by atoms with Crippen LogP contribution >= 0.6 is 0 Å². The van der Waals surface area contributed by atoms with Crippen LogP contribution in [-0.2, 0) is 22.0 Å². The number of rotatable bonds is 4. The van der Waals surface area contributed by atoms with Gasteiger partial charge in [-0.2, -0.15) is 0 Å². The lowest BCUT2D eigenvalue weighted by Crippen LogP contribution is -2.12. The van der Waals surface area contributed by atoms with Crippen LogP contribution in [0.1, 0.15) is 21.7 Å². The molecule has 1 aliphatic rings. The summed E-state index contributed by atoms with van der Waals surface area (Å²) in [5.41, 5.74) is 1.43. The maximum Gasteiger partial charge on any atom is 0.339 e. The summed E-state index contributed by atoms with van der Waals surface area (Å²) in [6.45, 7) is 0.253. The van der Waals surface area contributed by atoms with E-state index in [2.05, 4.69) is 0 Å². The first-order valence-electron chi connectivity index (χ1n) is 8.34. The molecule has 6 nitrogen and oxygen atoms in total. The number of carboxylic acid groups (broad SMARTS) is 1. The van der Waals surface area contributed by atoms with Gasteiger partial charge in [0.1, 0.15) is 17.1 Å². The Morgan fingerprint density at radius 2 is 1.81 bits per heavy atom. The second-order valence-corrected chi connectivity index (χ2v) is 8.20. The van der Waals surface area contributed by atoms with Crippen molar-refractivity contribution in [2.75, 3.05) is 6.61 Å². The number of carbonyl (C=O) groups is 1. The van der Waals surface area contributed by atoms with Crippen LogP contribution in [-0.4, -0.2) is 26.1 Å². The summed E-state index contributed by atoms with van der Waals surface area (Å²) < 4.78 is 36.6. The van der Waals surface area contributed by atoms with Crippen LogP contribution < -0.4 is 4.74 Å². The van der Waals surface area contributed by atoms with Crippen LogP contribution in [0.4, 0.5) is 0 Å². The van der Waals surface area contributed by atoms with Gasteiger partial charge in [-0.15, -0.1) is 0 Å². The molecule has 138 valence electrons. The van der Waals surface area contributed by atoms with E-state index in [9.17, 15) is 18.3 Å². The monoisotopic (exact) mass is 384 g/mol. The molecule has 0 saturated carbocycles. The minimum absolute atomic E-state index is 0.124. The van der Waals surface area contributed by atoms with Crippen molar-refractivity contribution < 1.29 is 27.5 Å². The van der Waals surface area contributed by atoms with Crippen LogP contribution in [0.3, 0.4) is 0 Å². The standard InChI is InChI=1S/C20H16O6S/c21-20(22)18-13(12-27(23,24)14-4-2-1-3-5-14)6-7-16-15-8-10-25-17(15)9-11-26-19(16)18/h1-8,10H,9,11-12H2,(H,21,22). The Bertz CT molecular complexity index is 1110. The first-order chi connectivity index (χ1) is 13.0. The summed E-state index contributed by atoms with van der Waals surface area (Å²) in [6, 6.07) is 13.0. The molecule has 0 atom stereocenters. The Balaban J connectivity index is 1.84. The Morgan fingerprint density at radius 1 is 1.04 bits per heavy atom. The van der Waals surface area contributed by atoms with E-state index in [1.807, 2.05) is 0 Å². The third kappa shape index (κ3) is 3.10. The SMILES string of the molecule is O=C(O)c1c(CS(=O)(=O)c2ccccc2)ccc2c1OCCc1occc1-2. The third-order valence-corrected chi connectivity index (χ3v) is 6.20. The average molecular weight is 384 g/mol. The van der Waals surface area contributed by atoms with Gasteiger partial charge in [-0.3, -0.25) is 0 Å². The molecule has 0 unspecified atom stereocenters. The highest BCUT2D eigenvalue weighted by Gasteiger charge is 2.28. The molecule has 2 heterocycles. The number of benzene rings is 2. The summed E-state index contributed by atoms with van der Waals surface area (Å²) in [5, 5.41) is 9.78. The fourth-order valence-electron chi connectivity index (χ4n) is 3.28. The molecule has 0 amide bonds. The summed E-state index contributed by atoms with van der Waals surface area (Å²) in [7, 11) is -3.69. The Morgan fingerprint density at radius 3 is 2.56 bits per heavy atom. The van der Waals surface area contributed by atoms with E-state index >= 15 is 0 Å². The first kappa shape index (κ1) is 17.4. The highest BCUT2D eigenvalue weighted by molar-refractivity contribution is 7.90. The van der Waals surface area contributed by atoms with E-state index in [1.54, 1.807) is 36.6 Å². The number of fused-ring (bicyclic) bond motifs is 3. The summed E-state index contributed by atoms with van der Waals surface area (Å²) in [5.74, 6) is -0.747. The van der Waals surface area contributed by atoms with Crippen LogP contribution in [0.15, 0.2) is 64.1 Å². The van der Waals surface area contributed by atoms with Crippen molar-refractivity contribution in [3.63, 3.8) is 0 Å². The topological polar surface area (TPSA) is 93.8 Å². The van der Waals surface area contributed by atoms with Gasteiger partial charge in [-0.1, -0.05) is 30.3 Å². The van der Waals surface area contributed by atoms with E-state index in [0.29, 0.717) is 12.0 Å². The molecule has 27 heavy (non-hydrogen) atoms. The van der Waals surface area contributed by atoms with Gasteiger partial charge in [0, 0.05) is 17.5 Å². The van der Waals surface area contributed by atoms with Crippen molar-refractivity contribution in [2.24, 2.45) is 0 Å². The highest BCUT2D eigenvalue weighted by atomic mass is 32.2. The molecule has 0 bridgehead atoms. The number of sulfone groups is 1. The zero-order valence-electron chi connectivity index (χ0n) is 14.2. The molecule has 3 aromatic rings. The summed E-state index contributed by atoms with van der Waals surface area (Å²) in [4.78, 5) is 12.1. The molecular weight excluding hydrogens is 368 g/mol. The molecule has 0 aliphatic carbocycles. The van der Waals surface area contributed by atoms with Gasteiger partial charge in [-0.25, -0.2) is 13.2 Å². The lowest BCUT2D eigenvalue weighted by Gasteiger charge is -2.15. The zero-order chi connectivity index (χ0) is 19.0. The predicted molar refractivity (Wildman–Crippen MR) is 97.6 cm³/mol. The molecule has 1 N–H and O–H groups in total. The van der Waals surface area contributed by atoms with Gasteiger partial charge in [0.2, 0.25) is 0 Å². The lowest BCUT2D eigenvalue weighted by molar-refractivity contribution is 0.0691. The fraction of sp³-hybridized carbons (Fsp3) is 0.150. The summed E-state index contributed by atoms with van der Waals surface area (Å²) in [6.07, 6.45) is 2.06. The predicted octanol–water partition coefficient (Wildman–Crippen LogP) is 3.55. The number of hydrogen-bond donors (Lipinski definition) is 1. The molecule has 7 heteroatoms.